The molecular formula is C10H7F3O3. The molecule has 0 heterocycles. The van der Waals surface area contributed by atoms with Crippen LogP contribution < -0.4 is 0 Å². The van der Waals surface area contributed by atoms with Crippen molar-refractivity contribution in [2.75, 3.05) is 0 Å². The SMILES string of the molecule is O=C(O)C=C(OC(F)(F)F)c1ccccc1. The Kier molecular flexibility index (Phi) is 3.55. The smallest absolute Gasteiger partial charge is 0.478 e. The van der Waals surface area contributed by atoms with Gasteiger partial charge in [0.1, 0.15) is 5.76 Å². The molecule has 0 aromatic heterocycles. The summed E-state index contributed by atoms with van der Waals surface area (Å²) in [6, 6.07) is 7.19. The Hall–Kier alpha value is -1.98. The molecular weight excluding hydrogens is 225 g/mol. The van der Waals surface area contributed by atoms with E-state index in [0.29, 0.717) is 6.08 Å². The second kappa shape index (κ2) is 4.69. The van der Waals surface area contributed by atoms with E-state index in [9.17, 15) is 18.0 Å². The van der Waals surface area contributed by atoms with Gasteiger partial charge >= 0.3 is 12.3 Å². The maximum absolute atomic E-state index is 12.0. The molecule has 0 unspecified atom stereocenters. The summed E-state index contributed by atoms with van der Waals surface area (Å²) in [5, 5.41) is 8.42. The predicted octanol–water partition coefficient (Wildman–Crippen LogP) is 2.65. The van der Waals surface area contributed by atoms with Crippen molar-refractivity contribution in [1.29, 1.82) is 0 Å². The van der Waals surface area contributed by atoms with Crippen molar-refractivity contribution in [3.63, 3.8) is 0 Å². The van der Waals surface area contributed by atoms with E-state index in [2.05, 4.69) is 4.74 Å². The lowest BCUT2D eigenvalue weighted by atomic mass is 10.2. The van der Waals surface area contributed by atoms with Crippen LogP contribution in [-0.4, -0.2) is 17.4 Å². The number of carbonyl (C=O) groups is 1. The van der Waals surface area contributed by atoms with E-state index in [4.69, 9.17) is 5.11 Å². The van der Waals surface area contributed by atoms with Crippen LogP contribution in [0.25, 0.3) is 5.76 Å². The van der Waals surface area contributed by atoms with E-state index in [-0.39, 0.29) is 5.56 Å². The second-order valence-electron chi connectivity index (χ2n) is 2.76. The number of hydrogen-bond donors (Lipinski definition) is 1. The monoisotopic (exact) mass is 232 g/mol. The summed E-state index contributed by atoms with van der Waals surface area (Å²) in [7, 11) is 0. The fourth-order valence-electron chi connectivity index (χ4n) is 1.01. The van der Waals surface area contributed by atoms with Crippen LogP contribution in [0.1, 0.15) is 5.56 Å². The zero-order chi connectivity index (χ0) is 12.2. The molecule has 0 radical (unpaired) electrons. The molecule has 0 fully saturated rings. The summed E-state index contributed by atoms with van der Waals surface area (Å²) < 4.78 is 39.6. The molecule has 1 aromatic rings. The Morgan fingerprint density at radius 2 is 1.81 bits per heavy atom. The molecule has 1 N–H and O–H groups in total. The van der Waals surface area contributed by atoms with Gasteiger partial charge in [-0.25, -0.2) is 4.79 Å². The summed E-state index contributed by atoms with van der Waals surface area (Å²) in [5.74, 6) is -2.26. The first-order valence-corrected chi connectivity index (χ1v) is 4.14. The second-order valence-corrected chi connectivity index (χ2v) is 2.76. The van der Waals surface area contributed by atoms with Crippen LogP contribution in [0.5, 0.6) is 0 Å². The summed E-state index contributed by atoms with van der Waals surface area (Å²) in [4.78, 5) is 10.3. The number of ether oxygens (including phenoxy) is 1. The third kappa shape index (κ3) is 4.04. The highest BCUT2D eigenvalue weighted by Crippen LogP contribution is 2.26. The lowest BCUT2D eigenvalue weighted by molar-refractivity contribution is -0.290. The zero-order valence-electron chi connectivity index (χ0n) is 7.86. The Morgan fingerprint density at radius 3 is 2.25 bits per heavy atom. The molecule has 1 aromatic carbocycles. The van der Waals surface area contributed by atoms with Gasteiger partial charge in [-0.3, -0.25) is 0 Å². The van der Waals surface area contributed by atoms with Crippen molar-refractivity contribution in [2.45, 2.75) is 6.36 Å². The summed E-state index contributed by atoms with van der Waals surface area (Å²) >= 11 is 0. The van der Waals surface area contributed by atoms with Crippen molar-refractivity contribution in [1.82, 2.24) is 0 Å². The molecule has 3 nitrogen and oxygen atoms in total. The van der Waals surface area contributed by atoms with E-state index in [1.807, 2.05) is 0 Å². The van der Waals surface area contributed by atoms with Gasteiger partial charge in [-0.15, -0.1) is 13.2 Å². The average molecular weight is 232 g/mol. The van der Waals surface area contributed by atoms with E-state index >= 15 is 0 Å². The maximum Gasteiger partial charge on any atom is 0.573 e. The highest BCUT2D eigenvalue weighted by molar-refractivity contribution is 5.88. The van der Waals surface area contributed by atoms with Crippen LogP contribution in [0.3, 0.4) is 0 Å². The molecule has 0 atom stereocenters. The number of aliphatic carboxylic acids is 1. The summed E-state index contributed by atoms with van der Waals surface area (Å²) in [6.07, 6.45) is -4.56. The number of alkyl halides is 3. The van der Waals surface area contributed by atoms with Crippen LogP contribution in [0, 0.1) is 0 Å². The molecule has 6 heteroatoms. The first-order valence-electron chi connectivity index (χ1n) is 4.14. The van der Waals surface area contributed by atoms with Crippen LogP contribution in [0.2, 0.25) is 0 Å². The van der Waals surface area contributed by atoms with Crippen molar-refractivity contribution < 1.29 is 27.8 Å². The molecule has 16 heavy (non-hydrogen) atoms. The molecule has 0 aliphatic carbocycles. The van der Waals surface area contributed by atoms with Gasteiger partial charge in [0.25, 0.3) is 0 Å². The lowest BCUT2D eigenvalue weighted by Crippen LogP contribution is -2.13. The molecule has 0 aliphatic heterocycles. The normalized spacial score (nSPS) is 12.3. The number of benzene rings is 1. The molecule has 0 saturated carbocycles. The Morgan fingerprint density at radius 1 is 1.25 bits per heavy atom. The van der Waals surface area contributed by atoms with Crippen LogP contribution in [0.15, 0.2) is 36.4 Å². The van der Waals surface area contributed by atoms with Gasteiger partial charge in [0, 0.05) is 5.56 Å². The Bertz CT molecular complexity index is 396. The van der Waals surface area contributed by atoms with Crippen molar-refractivity contribution >= 4 is 11.7 Å². The van der Waals surface area contributed by atoms with E-state index < -0.39 is 18.1 Å². The molecule has 0 bridgehead atoms. The molecule has 1 rings (SSSR count). The quantitative estimate of drug-likeness (QED) is 0.643. The minimum Gasteiger partial charge on any atom is -0.478 e. The van der Waals surface area contributed by atoms with E-state index in [1.165, 1.54) is 24.3 Å². The largest absolute Gasteiger partial charge is 0.573 e. The highest BCUT2D eigenvalue weighted by Gasteiger charge is 2.32. The number of carboxylic acids is 1. The minimum absolute atomic E-state index is 0.0437. The standard InChI is InChI=1S/C10H7F3O3/c11-10(12,13)16-8(6-9(14)15)7-4-2-1-3-5-7/h1-6H,(H,14,15). The number of hydrogen-bond acceptors (Lipinski definition) is 2. The van der Waals surface area contributed by atoms with Gasteiger partial charge in [0.2, 0.25) is 0 Å². The average Bonchev–Trinajstić information content (AvgIpc) is 2.15. The Balaban J connectivity index is 3.03. The van der Waals surface area contributed by atoms with Crippen LogP contribution >= 0.6 is 0 Å². The predicted molar refractivity (Wildman–Crippen MR) is 49.2 cm³/mol. The van der Waals surface area contributed by atoms with Gasteiger partial charge in [-0.2, -0.15) is 0 Å². The third-order valence-electron chi connectivity index (χ3n) is 1.54. The van der Waals surface area contributed by atoms with Gasteiger partial charge in [-0.1, -0.05) is 30.3 Å². The van der Waals surface area contributed by atoms with E-state index in [0.717, 1.165) is 0 Å². The van der Waals surface area contributed by atoms with Gasteiger partial charge < -0.3 is 9.84 Å². The van der Waals surface area contributed by atoms with Crippen molar-refractivity contribution in [2.24, 2.45) is 0 Å². The zero-order valence-corrected chi connectivity index (χ0v) is 7.86. The first-order chi connectivity index (χ1) is 7.38. The first kappa shape index (κ1) is 12.1. The van der Waals surface area contributed by atoms with Crippen LogP contribution in [-0.2, 0) is 9.53 Å². The van der Waals surface area contributed by atoms with Gasteiger partial charge in [0.05, 0.1) is 6.08 Å². The van der Waals surface area contributed by atoms with Gasteiger partial charge in [0.15, 0.2) is 0 Å². The van der Waals surface area contributed by atoms with Crippen LogP contribution in [0.4, 0.5) is 13.2 Å². The maximum atomic E-state index is 12.0. The molecule has 0 amide bonds. The summed E-state index contributed by atoms with van der Waals surface area (Å²) in [6.45, 7) is 0. The molecule has 0 aliphatic rings. The number of carboxylic acid groups (broad SMARTS) is 1. The fourth-order valence-corrected chi connectivity index (χ4v) is 1.01. The van der Waals surface area contributed by atoms with E-state index in [1.54, 1.807) is 6.07 Å². The lowest BCUT2D eigenvalue weighted by Gasteiger charge is -2.11. The highest BCUT2D eigenvalue weighted by atomic mass is 19.4. The van der Waals surface area contributed by atoms with Gasteiger partial charge in [-0.05, 0) is 0 Å². The molecule has 0 spiro atoms. The molecule has 0 saturated heterocycles. The summed E-state index contributed by atoms with van der Waals surface area (Å²) in [5.41, 5.74) is 0.0437. The Labute approximate surface area is 88.8 Å². The minimum atomic E-state index is -4.92. The van der Waals surface area contributed by atoms with Crippen molar-refractivity contribution in [3.05, 3.63) is 42.0 Å². The third-order valence-corrected chi connectivity index (χ3v) is 1.54. The fraction of sp³-hybridized carbons (Fsp3) is 0.100. The number of halogens is 3. The number of rotatable bonds is 3. The topological polar surface area (TPSA) is 46.5 Å². The van der Waals surface area contributed by atoms with Crippen molar-refractivity contribution in [3.8, 4) is 0 Å². The molecule has 86 valence electrons.